The quantitative estimate of drug-likeness (QED) is 0.494. The van der Waals surface area contributed by atoms with Crippen molar-refractivity contribution in [2.24, 2.45) is 0 Å². The van der Waals surface area contributed by atoms with E-state index in [1.165, 1.54) is 17.7 Å². The number of benzene rings is 1. The molecule has 0 saturated heterocycles. The second-order valence-electron chi connectivity index (χ2n) is 9.31. The number of aromatic nitrogens is 3. The van der Waals surface area contributed by atoms with Crippen LogP contribution in [0.4, 0.5) is 16.0 Å². The molecular formula is C27H31FN6O2. The molecular weight excluding hydrogens is 459 g/mol. The van der Waals surface area contributed by atoms with E-state index < -0.39 is 5.82 Å². The molecule has 1 amide bonds. The zero-order valence-corrected chi connectivity index (χ0v) is 20.7. The normalized spacial score (nSPS) is 16.1. The molecule has 0 unspecified atom stereocenters. The van der Waals surface area contributed by atoms with Crippen LogP contribution in [-0.4, -0.2) is 57.9 Å². The summed E-state index contributed by atoms with van der Waals surface area (Å²) in [6.45, 7) is 7.85. The average Bonchev–Trinajstić information content (AvgIpc) is 3.50. The number of fused-ring (bicyclic) bond motifs is 1. The molecule has 0 bridgehead atoms. The van der Waals surface area contributed by atoms with Crippen molar-refractivity contribution in [1.29, 1.82) is 0 Å². The van der Waals surface area contributed by atoms with Crippen LogP contribution in [0.1, 0.15) is 25.1 Å². The molecule has 2 aromatic heterocycles. The Morgan fingerprint density at radius 3 is 2.75 bits per heavy atom. The lowest BCUT2D eigenvalue weighted by atomic mass is 10.1. The summed E-state index contributed by atoms with van der Waals surface area (Å²) in [6.07, 6.45) is 1.92. The molecule has 188 valence electrons. The summed E-state index contributed by atoms with van der Waals surface area (Å²) < 4.78 is 21.2. The van der Waals surface area contributed by atoms with Crippen LogP contribution in [0.2, 0.25) is 0 Å². The molecule has 0 aliphatic carbocycles. The molecule has 9 heteroatoms. The second kappa shape index (κ2) is 10.6. The molecule has 8 nitrogen and oxygen atoms in total. The number of anilines is 2. The van der Waals surface area contributed by atoms with Crippen LogP contribution < -0.4 is 10.2 Å². The highest BCUT2D eigenvalue weighted by molar-refractivity contribution is 5.93. The van der Waals surface area contributed by atoms with E-state index in [4.69, 9.17) is 9.84 Å². The topological polar surface area (TPSA) is 75.5 Å². The molecule has 3 aromatic rings. The largest absolute Gasteiger partial charge is 0.375 e. The number of amides is 1. The third kappa shape index (κ3) is 5.32. The van der Waals surface area contributed by atoms with Crippen LogP contribution in [0.25, 0.3) is 0 Å². The SMILES string of the molecule is CCc1cc2n(n1)CC1=C(CN([C@H](C)COCc3ccccc3)C1)N2CC(=O)Nc1ccc(F)cn1. The van der Waals surface area contributed by atoms with Gasteiger partial charge in [-0.25, -0.2) is 14.1 Å². The first-order valence-corrected chi connectivity index (χ1v) is 12.3. The van der Waals surface area contributed by atoms with E-state index in [1.54, 1.807) is 0 Å². The predicted octanol–water partition coefficient (Wildman–Crippen LogP) is 3.61. The van der Waals surface area contributed by atoms with E-state index in [9.17, 15) is 9.18 Å². The van der Waals surface area contributed by atoms with Gasteiger partial charge in [-0.3, -0.25) is 9.69 Å². The van der Waals surface area contributed by atoms with Gasteiger partial charge in [-0.1, -0.05) is 37.3 Å². The number of ether oxygens (including phenoxy) is 1. The maximum atomic E-state index is 13.2. The van der Waals surface area contributed by atoms with Crippen LogP contribution in [0, 0.1) is 5.82 Å². The number of rotatable bonds is 9. The van der Waals surface area contributed by atoms with Crippen molar-refractivity contribution in [3.8, 4) is 0 Å². The highest BCUT2D eigenvalue weighted by Crippen LogP contribution is 2.34. The van der Waals surface area contributed by atoms with E-state index in [2.05, 4.69) is 52.1 Å². The van der Waals surface area contributed by atoms with Gasteiger partial charge in [-0.15, -0.1) is 0 Å². The molecule has 0 radical (unpaired) electrons. The van der Waals surface area contributed by atoms with Gasteiger partial charge in [0, 0.05) is 30.9 Å². The van der Waals surface area contributed by atoms with Crippen molar-refractivity contribution in [3.05, 3.63) is 83.1 Å². The summed E-state index contributed by atoms with van der Waals surface area (Å²) in [5, 5.41) is 7.53. The van der Waals surface area contributed by atoms with Crippen molar-refractivity contribution >= 4 is 17.5 Å². The molecule has 5 rings (SSSR count). The number of aryl methyl sites for hydroxylation is 1. The molecule has 0 saturated carbocycles. The Morgan fingerprint density at radius 2 is 2.00 bits per heavy atom. The molecule has 2 aliphatic rings. The Labute approximate surface area is 210 Å². The van der Waals surface area contributed by atoms with Crippen LogP contribution in [-0.2, 0) is 29.1 Å². The molecule has 36 heavy (non-hydrogen) atoms. The van der Waals surface area contributed by atoms with Gasteiger partial charge in [0.05, 0.1) is 31.6 Å². The monoisotopic (exact) mass is 490 g/mol. The number of hydrogen-bond donors (Lipinski definition) is 1. The van der Waals surface area contributed by atoms with Gasteiger partial charge in [0.1, 0.15) is 24.0 Å². The standard InChI is InChI=1S/C27H31FN6O2/c1-3-23-11-27-33(16-26(35)30-25-10-9-22(28)12-29-25)24-15-32(13-21(24)14-34(27)31-23)19(2)17-36-18-20-7-5-4-6-8-20/h4-12,19H,3,13-18H2,1-2H3,(H,29,30,35)/t19-/m1/s1. The van der Waals surface area contributed by atoms with Gasteiger partial charge < -0.3 is 15.0 Å². The minimum atomic E-state index is -0.442. The van der Waals surface area contributed by atoms with Crippen molar-refractivity contribution in [3.63, 3.8) is 0 Å². The third-order valence-electron chi connectivity index (χ3n) is 6.66. The first-order chi connectivity index (χ1) is 17.5. The molecule has 1 aromatic carbocycles. The van der Waals surface area contributed by atoms with E-state index in [0.29, 0.717) is 19.0 Å². The van der Waals surface area contributed by atoms with E-state index >= 15 is 0 Å². The van der Waals surface area contributed by atoms with E-state index in [0.717, 1.165) is 55.0 Å². The summed E-state index contributed by atoms with van der Waals surface area (Å²) in [5.74, 6) is 0.587. The van der Waals surface area contributed by atoms with Crippen molar-refractivity contribution < 1.29 is 13.9 Å². The number of carbonyl (C=O) groups excluding carboxylic acids is 1. The Bertz CT molecular complexity index is 1240. The van der Waals surface area contributed by atoms with Crippen LogP contribution in [0.5, 0.6) is 0 Å². The summed E-state index contributed by atoms with van der Waals surface area (Å²) in [7, 11) is 0. The lowest BCUT2D eigenvalue weighted by Gasteiger charge is -2.31. The number of halogens is 1. The van der Waals surface area contributed by atoms with Crippen LogP contribution in [0.3, 0.4) is 0 Å². The van der Waals surface area contributed by atoms with Gasteiger partial charge in [-0.2, -0.15) is 5.10 Å². The summed E-state index contributed by atoms with van der Waals surface area (Å²) in [4.78, 5) is 21.3. The Kier molecular flexibility index (Phi) is 7.11. The summed E-state index contributed by atoms with van der Waals surface area (Å²) in [5.41, 5.74) is 4.56. The molecule has 4 heterocycles. The maximum absolute atomic E-state index is 13.2. The van der Waals surface area contributed by atoms with Gasteiger partial charge in [0.25, 0.3) is 0 Å². The highest BCUT2D eigenvalue weighted by atomic mass is 19.1. The first kappa shape index (κ1) is 24.1. The fourth-order valence-electron chi connectivity index (χ4n) is 4.69. The molecule has 1 N–H and O–H groups in total. The summed E-state index contributed by atoms with van der Waals surface area (Å²) in [6, 6.07) is 15.2. The van der Waals surface area contributed by atoms with Gasteiger partial charge >= 0.3 is 0 Å². The predicted molar refractivity (Wildman–Crippen MR) is 136 cm³/mol. The number of nitrogens with one attached hydrogen (secondary N) is 1. The van der Waals surface area contributed by atoms with E-state index in [-0.39, 0.29) is 18.5 Å². The number of nitrogens with zero attached hydrogens (tertiary/aromatic N) is 5. The highest BCUT2D eigenvalue weighted by Gasteiger charge is 2.35. The first-order valence-electron chi connectivity index (χ1n) is 12.3. The van der Waals surface area contributed by atoms with Crippen LogP contribution >= 0.6 is 0 Å². The lowest BCUT2D eigenvalue weighted by molar-refractivity contribution is -0.115. The minimum Gasteiger partial charge on any atom is -0.375 e. The zero-order valence-electron chi connectivity index (χ0n) is 20.7. The van der Waals surface area contributed by atoms with Crippen LogP contribution in [0.15, 0.2) is 66.0 Å². The smallest absolute Gasteiger partial charge is 0.245 e. The fraction of sp³-hybridized carbons (Fsp3) is 0.370. The fourth-order valence-corrected chi connectivity index (χ4v) is 4.69. The van der Waals surface area contributed by atoms with Crippen molar-refractivity contribution in [1.82, 2.24) is 19.7 Å². The molecule has 0 fully saturated rings. The second-order valence-corrected chi connectivity index (χ2v) is 9.31. The molecule has 1 atom stereocenters. The van der Waals surface area contributed by atoms with Gasteiger partial charge in [-0.05, 0) is 36.6 Å². The maximum Gasteiger partial charge on any atom is 0.245 e. The summed E-state index contributed by atoms with van der Waals surface area (Å²) >= 11 is 0. The van der Waals surface area contributed by atoms with Gasteiger partial charge in [0.2, 0.25) is 5.91 Å². The number of hydrogen-bond acceptors (Lipinski definition) is 6. The van der Waals surface area contributed by atoms with Crippen molar-refractivity contribution in [2.45, 2.75) is 39.5 Å². The Hall–Kier alpha value is -3.56. The lowest BCUT2D eigenvalue weighted by Crippen LogP contribution is -2.39. The molecule has 0 spiro atoms. The molecule has 2 aliphatic heterocycles. The average molecular weight is 491 g/mol. The Morgan fingerprint density at radius 1 is 1.17 bits per heavy atom. The zero-order chi connectivity index (χ0) is 25.1. The minimum absolute atomic E-state index is 0.124. The van der Waals surface area contributed by atoms with E-state index in [1.807, 2.05) is 22.9 Å². The van der Waals surface area contributed by atoms with Crippen molar-refractivity contribution in [2.75, 3.05) is 36.5 Å². The number of pyridine rings is 1. The number of carbonyl (C=O) groups is 1. The third-order valence-corrected chi connectivity index (χ3v) is 6.66. The Balaban J connectivity index is 1.26. The van der Waals surface area contributed by atoms with Gasteiger partial charge in [0.15, 0.2) is 0 Å².